The Labute approximate surface area is 152 Å². The lowest BCUT2D eigenvalue weighted by Crippen LogP contribution is -2.44. The van der Waals surface area contributed by atoms with E-state index in [4.69, 9.17) is 0 Å². The zero-order valence-electron chi connectivity index (χ0n) is 14.9. The molecule has 0 bridgehead atoms. The van der Waals surface area contributed by atoms with Gasteiger partial charge in [-0.15, -0.1) is 0 Å². The molecule has 1 aromatic carbocycles. The van der Waals surface area contributed by atoms with Crippen LogP contribution in [0.3, 0.4) is 0 Å². The number of halogens is 1. The fourth-order valence-electron chi connectivity index (χ4n) is 3.18. The monoisotopic (exact) mass is 352 g/mol. The van der Waals surface area contributed by atoms with E-state index >= 15 is 0 Å². The molecule has 1 N–H and O–H groups in total. The van der Waals surface area contributed by atoms with E-state index < -0.39 is 0 Å². The maximum absolute atomic E-state index is 13.9. The van der Waals surface area contributed by atoms with Crippen molar-refractivity contribution in [2.75, 3.05) is 6.54 Å². The molecule has 0 fully saturated rings. The second kappa shape index (κ2) is 7.52. The zero-order chi connectivity index (χ0) is 18.7. The third-order valence-corrected chi connectivity index (χ3v) is 4.59. The lowest BCUT2D eigenvalue weighted by atomic mass is 10.0. The fraction of sp³-hybridized carbons (Fsp3) is 0.238. The number of carbonyl (C=O) groups is 2. The van der Waals surface area contributed by atoms with E-state index in [1.165, 1.54) is 12.1 Å². The number of benzene rings is 1. The molecule has 0 saturated heterocycles. The van der Waals surface area contributed by atoms with Gasteiger partial charge in [0.1, 0.15) is 11.6 Å². The standard InChI is InChI=1S/C21H21FN2O2/c1-3-16-14(2)23-20(17-9-5-7-11-19(17)25)24(21(16)26)13-12-15-8-4-6-10-18(15)22/h4-11,23H,3,12-13H2,1-2H3/b20-17+. The summed E-state index contributed by atoms with van der Waals surface area (Å²) in [7, 11) is 0. The molecule has 1 aliphatic carbocycles. The van der Waals surface area contributed by atoms with Gasteiger partial charge in [-0.2, -0.15) is 0 Å². The third kappa shape index (κ3) is 3.38. The highest BCUT2D eigenvalue weighted by Gasteiger charge is 2.31. The Kier molecular flexibility index (Phi) is 5.16. The Morgan fingerprint density at radius 3 is 2.54 bits per heavy atom. The Morgan fingerprint density at radius 1 is 1.12 bits per heavy atom. The molecule has 5 heteroatoms. The van der Waals surface area contributed by atoms with Gasteiger partial charge in [-0.25, -0.2) is 4.39 Å². The number of amides is 1. The third-order valence-electron chi connectivity index (χ3n) is 4.59. The average molecular weight is 352 g/mol. The number of nitrogens with one attached hydrogen (secondary N) is 1. The van der Waals surface area contributed by atoms with Gasteiger partial charge in [0.2, 0.25) is 0 Å². The lowest BCUT2D eigenvalue weighted by Gasteiger charge is -2.34. The van der Waals surface area contributed by atoms with Crippen molar-refractivity contribution in [3.8, 4) is 0 Å². The molecule has 134 valence electrons. The highest BCUT2D eigenvalue weighted by atomic mass is 19.1. The first-order chi connectivity index (χ1) is 12.5. The molecule has 1 aliphatic heterocycles. The van der Waals surface area contributed by atoms with E-state index in [0.717, 1.165) is 5.70 Å². The second-order valence-electron chi connectivity index (χ2n) is 6.23. The van der Waals surface area contributed by atoms with E-state index in [1.807, 2.05) is 13.8 Å². The first kappa shape index (κ1) is 17.9. The molecule has 0 aromatic heterocycles. The summed E-state index contributed by atoms with van der Waals surface area (Å²) < 4.78 is 13.9. The van der Waals surface area contributed by atoms with Gasteiger partial charge < -0.3 is 5.32 Å². The molecule has 1 heterocycles. The van der Waals surface area contributed by atoms with Gasteiger partial charge in [0.15, 0.2) is 5.78 Å². The van der Waals surface area contributed by atoms with Crippen molar-refractivity contribution in [3.05, 3.63) is 82.6 Å². The molecule has 1 amide bonds. The first-order valence-electron chi connectivity index (χ1n) is 8.68. The predicted molar refractivity (Wildman–Crippen MR) is 98.3 cm³/mol. The smallest absolute Gasteiger partial charge is 0.257 e. The van der Waals surface area contributed by atoms with E-state index in [1.54, 1.807) is 41.3 Å². The van der Waals surface area contributed by atoms with Crippen molar-refractivity contribution in [3.63, 3.8) is 0 Å². The van der Waals surface area contributed by atoms with Gasteiger partial charge >= 0.3 is 0 Å². The molecule has 0 unspecified atom stereocenters. The molecule has 0 radical (unpaired) electrons. The zero-order valence-corrected chi connectivity index (χ0v) is 14.9. The summed E-state index contributed by atoms with van der Waals surface area (Å²) in [4.78, 5) is 26.8. The molecule has 1 aromatic rings. The fourth-order valence-corrected chi connectivity index (χ4v) is 3.18. The van der Waals surface area contributed by atoms with Gasteiger partial charge in [0.25, 0.3) is 5.91 Å². The SMILES string of the molecule is CCC1=C(C)N/C(=C2/C=CC=CC2=O)N(CCc2ccccc2F)C1=O. The molecular weight excluding hydrogens is 331 g/mol. The van der Waals surface area contributed by atoms with Crippen LogP contribution in [-0.2, 0) is 16.0 Å². The van der Waals surface area contributed by atoms with Crippen LogP contribution in [0.4, 0.5) is 4.39 Å². The van der Waals surface area contributed by atoms with Crippen LogP contribution >= 0.6 is 0 Å². The number of hydrogen-bond acceptors (Lipinski definition) is 3. The molecule has 2 aliphatic rings. The lowest BCUT2D eigenvalue weighted by molar-refractivity contribution is -0.126. The van der Waals surface area contributed by atoms with Crippen LogP contribution in [0.5, 0.6) is 0 Å². The van der Waals surface area contributed by atoms with Crippen molar-refractivity contribution in [1.82, 2.24) is 10.2 Å². The molecule has 0 spiro atoms. The number of carbonyl (C=O) groups excluding carboxylic acids is 2. The molecule has 26 heavy (non-hydrogen) atoms. The van der Waals surface area contributed by atoms with Crippen LogP contribution in [0.15, 0.2) is 71.2 Å². The van der Waals surface area contributed by atoms with Gasteiger partial charge in [-0.05, 0) is 43.5 Å². The minimum absolute atomic E-state index is 0.140. The van der Waals surface area contributed by atoms with Crippen LogP contribution in [0, 0.1) is 5.82 Å². The van der Waals surface area contributed by atoms with Gasteiger partial charge in [0, 0.05) is 17.8 Å². The number of hydrogen-bond donors (Lipinski definition) is 1. The number of rotatable bonds is 4. The normalized spacial score (nSPS) is 20.0. The number of allylic oxidation sites excluding steroid dienone is 6. The summed E-state index contributed by atoms with van der Waals surface area (Å²) in [6, 6.07) is 6.53. The van der Waals surface area contributed by atoms with Crippen LogP contribution in [0.2, 0.25) is 0 Å². The van der Waals surface area contributed by atoms with E-state index in [0.29, 0.717) is 35.4 Å². The number of ketones is 1. The summed E-state index contributed by atoms with van der Waals surface area (Å²) in [5, 5.41) is 3.21. The maximum atomic E-state index is 13.9. The minimum atomic E-state index is -0.293. The summed E-state index contributed by atoms with van der Waals surface area (Å²) in [5.41, 5.74) is 2.40. The van der Waals surface area contributed by atoms with Crippen LogP contribution in [-0.4, -0.2) is 23.1 Å². The van der Waals surface area contributed by atoms with Crippen molar-refractivity contribution in [2.45, 2.75) is 26.7 Å². The van der Waals surface area contributed by atoms with Crippen molar-refractivity contribution in [1.29, 1.82) is 0 Å². The van der Waals surface area contributed by atoms with Gasteiger partial charge in [0.05, 0.1) is 5.57 Å². The van der Waals surface area contributed by atoms with Crippen LogP contribution < -0.4 is 5.32 Å². The highest BCUT2D eigenvalue weighted by molar-refractivity contribution is 6.09. The van der Waals surface area contributed by atoms with Crippen molar-refractivity contribution in [2.24, 2.45) is 0 Å². The Morgan fingerprint density at radius 2 is 1.85 bits per heavy atom. The van der Waals surface area contributed by atoms with Gasteiger partial charge in [-0.3, -0.25) is 14.5 Å². The number of nitrogens with zero attached hydrogens (tertiary/aromatic N) is 1. The second-order valence-corrected chi connectivity index (χ2v) is 6.23. The Bertz CT molecular complexity index is 878. The van der Waals surface area contributed by atoms with Crippen molar-refractivity contribution >= 4 is 11.7 Å². The first-order valence-corrected chi connectivity index (χ1v) is 8.68. The topological polar surface area (TPSA) is 49.4 Å². The molecule has 3 rings (SSSR count). The summed E-state index contributed by atoms with van der Waals surface area (Å²) in [5.74, 6) is -0.130. The maximum Gasteiger partial charge on any atom is 0.257 e. The molecular formula is C21H21FN2O2. The Balaban J connectivity index is 1.97. The minimum Gasteiger partial charge on any atom is -0.344 e. The van der Waals surface area contributed by atoms with Crippen LogP contribution in [0.25, 0.3) is 0 Å². The average Bonchev–Trinajstić information content (AvgIpc) is 2.63. The summed E-state index contributed by atoms with van der Waals surface area (Å²) in [6.07, 6.45) is 7.54. The summed E-state index contributed by atoms with van der Waals surface area (Å²) >= 11 is 0. The van der Waals surface area contributed by atoms with Crippen molar-refractivity contribution < 1.29 is 14.0 Å². The Hall–Kier alpha value is -2.95. The van der Waals surface area contributed by atoms with E-state index in [2.05, 4.69) is 5.32 Å². The molecule has 0 saturated carbocycles. The largest absolute Gasteiger partial charge is 0.344 e. The van der Waals surface area contributed by atoms with E-state index in [-0.39, 0.29) is 24.1 Å². The highest BCUT2D eigenvalue weighted by Crippen LogP contribution is 2.25. The van der Waals surface area contributed by atoms with E-state index in [9.17, 15) is 14.0 Å². The summed E-state index contributed by atoms with van der Waals surface area (Å²) in [6.45, 7) is 4.03. The predicted octanol–water partition coefficient (Wildman–Crippen LogP) is 3.39. The molecule has 0 atom stereocenters. The van der Waals surface area contributed by atoms with Crippen LogP contribution in [0.1, 0.15) is 25.8 Å². The van der Waals surface area contributed by atoms with Gasteiger partial charge in [-0.1, -0.05) is 37.3 Å². The quantitative estimate of drug-likeness (QED) is 0.845. The molecule has 4 nitrogen and oxygen atoms in total.